The molecular formula is C14H15ClN4O. The van der Waals surface area contributed by atoms with Crippen molar-refractivity contribution in [3.8, 4) is 0 Å². The normalized spacial score (nSPS) is 12.0. The Morgan fingerprint density at radius 2 is 1.90 bits per heavy atom. The molecule has 5 nitrogen and oxygen atoms in total. The summed E-state index contributed by atoms with van der Waals surface area (Å²) in [5, 5.41) is 2.84. The predicted molar refractivity (Wildman–Crippen MR) is 78.5 cm³/mol. The topological polar surface area (TPSA) is 80.9 Å². The first-order valence-electron chi connectivity index (χ1n) is 6.10. The Morgan fingerprint density at radius 1 is 1.25 bits per heavy atom. The number of nitrogens with two attached hydrogens (primary N) is 1. The van der Waals surface area contributed by atoms with Gasteiger partial charge in [-0.2, -0.15) is 0 Å². The van der Waals surface area contributed by atoms with Crippen LogP contribution < -0.4 is 11.1 Å². The summed E-state index contributed by atoms with van der Waals surface area (Å²) in [7, 11) is 0. The molecule has 0 aliphatic carbocycles. The van der Waals surface area contributed by atoms with Crippen LogP contribution in [-0.2, 0) is 4.79 Å². The van der Waals surface area contributed by atoms with E-state index in [1.54, 1.807) is 13.0 Å². The Hall–Kier alpha value is -1.98. The van der Waals surface area contributed by atoms with E-state index in [-0.39, 0.29) is 17.0 Å². The third kappa shape index (κ3) is 3.53. The van der Waals surface area contributed by atoms with Crippen LogP contribution in [0.4, 0.5) is 5.95 Å². The first-order valence-corrected chi connectivity index (χ1v) is 6.47. The standard InChI is InChI=1S/C14H15ClN4O/c1-8-3-5-10(6-4-8)12(16)13(20)19-14-17-9(2)7-11(15)18-14/h3-7,12H,16H2,1-2H3,(H,17,18,19,20). The zero-order valence-electron chi connectivity index (χ0n) is 11.2. The molecule has 0 radical (unpaired) electrons. The van der Waals surface area contributed by atoms with Gasteiger partial charge in [0.25, 0.3) is 0 Å². The molecule has 3 N–H and O–H groups in total. The van der Waals surface area contributed by atoms with Gasteiger partial charge in [-0.25, -0.2) is 9.97 Å². The van der Waals surface area contributed by atoms with Crippen LogP contribution in [0.3, 0.4) is 0 Å². The van der Waals surface area contributed by atoms with Crippen LogP contribution >= 0.6 is 11.6 Å². The second-order valence-corrected chi connectivity index (χ2v) is 4.92. The summed E-state index contributed by atoms with van der Waals surface area (Å²) in [6.07, 6.45) is 0. The number of benzene rings is 1. The summed E-state index contributed by atoms with van der Waals surface area (Å²) in [6, 6.07) is 8.29. The fourth-order valence-corrected chi connectivity index (χ4v) is 1.94. The van der Waals surface area contributed by atoms with E-state index in [0.717, 1.165) is 11.1 Å². The van der Waals surface area contributed by atoms with Crippen LogP contribution in [0.1, 0.15) is 22.9 Å². The highest BCUT2D eigenvalue weighted by atomic mass is 35.5. The minimum atomic E-state index is -0.779. The monoisotopic (exact) mass is 290 g/mol. The van der Waals surface area contributed by atoms with Crippen LogP contribution in [0.15, 0.2) is 30.3 Å². The van der Waals surface area contributed by atoms with Crippen LogP contribution in [-0.4, -0.2) is 15.9 Å². The lowest BCUT2D eigenvalue weighted by Gasteiger charge is -2.12. The lowest BCUT2D eigenvalue weighted by Crippen LogP contribution is -2.28. The molecule has 0 spiro atoms. The first kappa shape index (κ1) is 14.4. The number of carbonyl (C=O) groups is 1. The van der Waals surface area contributed by atoms with Crippen LogP contribution in [0.2, 0.25) is 5.15 Å². The van der Waals surface area contributed by atoms with Crippen molar-refractivity contribution in [2.24, 2.45) is 5.73 Å². The maximum atomic E-state index is 12.1. The van der Waals surface area contributed by atoms with Gasteiger partial charge < -0.3 is 5.73 Å². The zero-order chi connectivity index (χ0) is 14.7. The molecule has 1 amide bonds. The number of rotatable bonds is 3. The smallest absolute Gasteiger partial charge is 0.248 e. The Kier molecular flexibility index (Phi) is 4.32. The van der Waals surface area contributed by atoms with E-state index in [2.05, 4.69) is 15.3 Å². The Balaban J connectivity index is 2.13. The van der Waals surface area contributed by atoms with Crippen LogP contribution in [0, 0.1) is 13.8 Å². The Bertz CT molecular complexity index is 607. The van der Waals surface area contributed by atoms with E-state index in [1.807, 2.05) is 31.2 Å². The van der Waals surface area contributed by atoms with Crippen molar-refractivity contribution in [2.45, 2.75) is 19.9 Å². The van der Waals surface area contributed by atoms with E-state index >= 15 is 0 Å². The number of nitrogens with one attached hydrogen (secondary N) is 1. The molecule has 1 aromatic heterocycles. The molecule has 0 bridgehead atoms. The van der Waals surface area contributed by atoms with Gasteiger partial charge in [-0.1, -0.05) is 41.4 Å². The summed E-state index contributed by atoms with van der Waals surface area (Å²) >= 11 is 5.81. The molecule has 0 saturated carbocycles. The lowest BCUT2D eigenvalue weighted by molar-refractivity contribution is -0.117. The molecule has 104 valence electrons. The fourth-order valence-electron chi connectivity index (χ4n) is 1.70. The number of amides is 1. The van der Waals surface area contributed by atoms with E-state index < -0.39 is 6.04 Å². The van der Waals surface area contributed by atoms with Crippen molar-refractivity contribution in [2.75, 3.05) is 5.32 Å². The summed E-state index contributed by atoms with van der Waals surface area (Å²) < 4.78 is 0. The summed E-state index contributed by atoms with van der Waals surface area (Å²) in [5.41, 5.74) is 8.42. The van der Waals surface area contributed by atoms with Crippen molar-refractivity contribution in [3.05, 3.63) is 52.3 Å². The van der Waals surface area contributed by atoms with Crippen molar-refractivity contribution >= 4 is 23.5 Å². The molecule has 20 heavy (non-hydrogen) atoms. The highest BCUT2D eigenvalue weighted by Gasteiger charge is 2.17. The molecule has 1 aromatic carbocycles. The second-order valence-electron chi connectivity index (χ2n) is 4.53. The maximum Gasteiger partial charge on any atom is 0.248 e. The van der Waals surface area contributed by atoms with Gasteiger partial charge >= 0.3 is 0 Å². The molecule has 2 rings (SSSR count). The molecule has 0 aliphatic heterocycles. The molecule has 0 fully saturated rings. The minimum absolute atomic E-state index is 0.155. The molecule has 6 heteroatoms. The van der Waals surface area contributed by atoms with Gasteiger partial charge in [0, 0.05) is 5.69 Å². The highest BCUT2D eigenvalue weighted by Crippen LogP contribution is 2.14. The van der Waals surface area contributed by atoms with Crippen molar-refractivity contribution in [1.82, 2.24) is 9.97 Å². The van der Waals surface area contributed by atoms with Gasteiger partial charge in [-0.3, -0.25) is 10.1 Å². The van der Waals surface area contributed by atoms with E-state index in [0.29, 0.717) is 5.69 Å². The highest BCUT2D eigenvalue weighted by molar-refractivity contribution is 6.29. The van der Waals surface area contributed by atoms with Gasteiger partial charge in [0.15, 0.2) is 0 Å². The first-order chi connectivity index (χ1) is 9.45. The molecular weight excluding hydrogens is 276 g/mol. The van der Waals surface area contributed by atoms with Crippen molar-refractivity contribution in [1.29, 1.82) is 0 Å². The number of halogens is 1. The molecule has 1 heterocycles. The second kappa shape index (κ2) is 5.98. The van der Waals surface area contributed by atoms with E-state index in [1.165, 1.54) is 0 Å². The third-order valence-corrected chi connectivity index (χ3v) is 2.97. The number of carbonyl (C=O) groups excluding carboxylic acids is 1. The predicted octanol–water partition coefficient (Wildman–Crippen LogP) is 2.39. The number of aryl methyl sites for hydroxylation is 2. The fraction of sp³-hybridized carbons (Fsp3) is 0.214. The number of hydrogen-bond donors (Lipinski definition) is 2. The number of aromatic nitrogens is 2. The summed E-state index contributed by atoms with van der Waals surface area (Å²) in [5.74, 6) is -0.224. The SMILES string of the molecule is Cc1ccc(C(N)C(=O)Nc2nc(C)cc(Cl)n2)cc1. The molecule has 0 aliphatic rings. The molecule has 1 atom stereocenters. The zero-order valence-corrected chi connectivity index (χ0v) is 12.0. The molecule has 2 aromatic rings. The van der Waals surface area contributed by atoms with Crippen molar-refractivity contribution < 1.29 is 4.79 Å². The summed E-state index contributed by atoms with van der Waals surface area (Å²) in [4.78, 5) is 20.1. The Labute approximate surface area is 122 Å². The quantitative estimate of drug-likeness (QED) is 0.851. The lowest BCUT2D eigenvalue weighted by atomic mass is 10.1. The van der Waals surface area contributed by atoms with Gasteiger partial charge in [0.05, 0.1) is 0 Å². The number of nitrogens with zero attached hydrogens (tertiary/aromatic N) is 2. The average Bonchev–Trinajstić information content (AvgIpc) is 2.37. The molecule has 0 saturated heterocycles. The minimum Gasteiger partial charge on any atom is -0.316 e. The van der Waals surface area contributed by atoms with E-state index in [9.17, 15) is 4.79 Å². The largest absolute Gasteiger partial charge is 0.316 e. The van der Waals surface area contributed by atoms with Gasteiger partial charge in [0.1, 0.15) is 11.2 Å². The average molecular weight is 291 g/mol. The molecule has 1 unspecified atom stereocenters. The van der Waals surface area contributed by atoms with Crippen LogP contribution in [0.25, 0.3) is 0 Å². The number of anilines is 1. The van der Waals surface area contributed by atoms with Crippen molar-refractivity contribution in [3.63, 3.8) is 0 Å². The maximum absolute atomic E-state index is 12.1. The van der Waals surface area contributed by atoms with E-state index in [4.69, 9.17) is 17.3 Å². The third-order valence-electron chi connectivity index (χ3n) is 2.78. The van der Waals surface area contributed by atoms with Gasteiger partial charge in [0.2, 0.25) is 11.9 Å². The summed E-state index contributed by atoms with van der Waals surface area (Å²) in [6.45, 7) is 3.74. The van der Waals surface area contributed by atoms with Gasteiger partial charge in [-0.15, -0.1) is 0 Å². The Morgan fingerprint density at radius 3 is 2.50 bits per heavy atom. The number of hydrogen-bond acceptors (Lipinski definition) is 4. The van der Waals surface area contributed by atoms with Gasteiger partial charge in [-0.05, 0) is 25.5 Å². The van der Waals surface area contributed by atoms with Crippen LogP contribution in [0.5, 0.6) is 0 Å².